The monoisotopic (exact) mass is 303 g/mol. The summed E-state index contributed by atoms with van der Waals surface area (Å²) in [7, 11) is 4.04. The molecule has 20 heavy (non-hydrogen) atoms. The van der Waals surface area contributed by atoms with Crippen LogP contribution in [0, 0.1) is 4.77 Å². The maximum Gasteiger partial charge on any atom is 0.182 e. The first-order valence-electron chi connectivity index (χ1n) is 6.25. The zero-order valence-corrected chi connectivity index (χ0v) is 12.8. The normalized spacial score (nSPS) is 10.9. The summed E-state index contributed by atoms with van der Waals surface area (Å²) in [6.45, 7) is 0. The highest BCUT2D eigenvalue weighted by molar-refractivity contribution is 7.71. The molecule has 3 aromatic rings. The quantitative estimate of drug-likeness (QED) is 0.709. The second kappa shape index (κ2) is 4.96. The lowest BCUT2D eigenvalue weighted by Gasteiger charge is -2.14. The highest BCUT2D eigenvalue weighted by atomic mass is 35.5. The molecule has 0 spiro atoms. The second-order valence-corrected chi connectivity index (χ2v) is 5.61. The first-order valence-corrected chi connectivity index (χ1v) is 7.03. The summed E-state index contributed by atoms with van der Waals surface area (Å²) in [4.78, 5) is 5.24. The molecule has 0 aliphatic rings. The summed E-state index contributed by atoms with van der Waals surface area (Å²) < 4.78 is 2.65. The number of aromatic amines is 1. The first kappa shape index (κ1) is 13.2. The minimum atomic E-state index is 0.643. The van der Waals surface area contributed by atoms with Crippen molar-refractivity contribution in [2.45, 2.75) is 0 Å². The predicted octanol–water partition coefficient (Wildman–Crippen LogP) is 4.41. The number of rotatable bonds is 2. The number of hydrogen-bond acceptors (Lipinski definition) is 2. The Labute approximate surface area is 127 Å². The summed E-state index contributed by atoms with van der Waals surface area (Å²) >= 11 is 11.7. The average Bonchev–Trinajstić information content (AvgIpc) is 2.77. The van der Waals surface area contributed by atoms with Crippen molar-refractivity contribution in [1.82, 2.24) is 9.55 Å². The molecule has 0 bridgehead atoms. The molecule has 2 aromatic carbocycles. The van der Waals surface area contributed by atoms with Gasteiger partial charge in [-0.1, -0.05) is 23.7 Å². The lowest BCUT2D eigenvalue weighted by molar-refractivity contribution is 1.05. The molecule has 0 radical (unpaired) electrons. The van der Waals surface area contributed by atoms with E-state index in [1.165, 1.54) is 0 Å². The van der Waals surface area contributed by atoms with E-state index in [0.717, 1.165) is 22.4 Å². The molecule has 0 amide bonds. The number of benzene rings is 2. The van der Waals surface area contributed by atoms with Gasteiger partial charge in [-0.2, -0.15) is 0 Å². The number of halogens is 1. The molecule has 0 aliphatic heterocycles. The number of para-hydroxylation sites is 1. The molecule has 1 N–H and O–H groups in total. The van der Waals surface area contributed by atoms with E-state index in [9.17, 15) is 0 Å². The zero-order valence-electron chi connectivity index (χ0n) is 11.2. The van der Waals surface area contributed by atoms with Crippen LogP contribution >= 0.6 is 23.8 Å². The van der Waals surface area contributed by atoms with Crippen molar-refractivity contribution in [2.75, 3.05) is 19.0 Å². The molecule has 0 fully saturated rings. The summed E-state index contributed by atoms with van der Waals surface area (Å²) in [5.74, 6) is 0. The van der Waals surface area contributed by atoms with E-state index in [2.05, 4.69) is 22.0 Å². The Hall–Kier alpha value is -1.78. The van der Waals surface area contributed by atoms with Crippen LogP contribution < -0.4 is 4.90 Å². The van der Waals surface area contributed by atoms with Gasteiger partial charge in [0.25, 0.3) is 0 Å². The molecule has 0 unspecified atom stereocenters. The molecule has 0 atom stereocenters. The van der Waals surface area contributed by atoms with Crippen molar-refractivity contribution >= 4 is 40.5 Å². The smallest absolute Gasteiger partial charge is 0.182 e. The fourth-order valence-corrected chi connectivity index (χ4v) is 2.78. The molecular formula is C15H14ClN3S. The van der Waals surface area contributed by atoms with Crippen LogP contribution in [0.3, 0.4) is 0 Å². The van der Waals surface area contributed by atoms with Gasteiger partial charge in [0.2, 0.25) is 0 Å². The van der Waals surface area contributed by atoms with Crippen LogP contribution in [0.15, 0.2) is 42.5 Å². The van der Waals surface area contributed by atoms with E-state index < -0.39 is 0 Å². The largest absolute Gasteiger partial charge is 0.378 e. The van der Waals surface area contributed by atoms with E-state index in [1.54, 1.807) is 0 Å². The fourth-order valence-electron chi connectivity index (χ4n) is 2.26. The number of fused-ring (bicyclic) bond motifs is 1. The van der Waals surface area contributed by atoms with Crippen molar-refractivity contribution < 1.29 is 0 Å². The van der Waals surface area contributed by atoms with Gasteiger partial charge in [0.15, 0.2) is 4.77 Å². The molecule has 0 saturated heterocycles. The molecule has 3 rings (SSSR count). The Kier molecular flexibility index (Phi) is 3.28. The maximum atomic E-state index is 6.21. The van der Waals surface area contributed by atoms with Crippen molar-refractivity contribution in [3.05, 3.63) is 52.3 Å². The summed E-state index contributed by atoms with van der Waals surface area (Å²) in [5.41, 5.74) is 4.00. The standard InChI is InChI=1S/C15H14ClN3S/c1-18(2)10-5-3-6-11(9-10)19-13-8-4-7-12(16)14(13)17-15(19)20/h3-9H,1-2H3,(H,17,20). The summed E-state index contributed by atoms with van der Waals surface area (Å²) in [5, 5.41) is 0.677. The third kappa shape index (κ3) is 2.11. The zero-order chi connectivity index (χ0) is 14.3. The third-order valence-corrected chi connectivity index (χ3v) is 3.87. The van der Waals surface area contributed by atoms with Gasteiger partial charge in [-0.05, 0) is 42.5 Å². The van der Waals surface area contributed by atoms with Crippen LogP contribution in [0.5, 0.6) is 0 Å². The summed E-state index contributed by atoms with van der Waals surface area (Å²) in [6.07, 6.45) is 0. The topological polar surface area (TPSA) is 24.0 Å². The van der Waals surface area contributed by atoms with E-state index in [-0.39, 0.29) is 0 Å². The molecule has 3 nitrogen and oxygen atoms in total. The Balaban J connectivity index is 2.30. The highest BCUT2D eigenvalue weighted by Crippen LogP contribution is 2.26. The molecule has 5 heteroatoms. The molecule has 1 aromatic heterocycles. The maximum absolute atomic E-state index is 6.21. The van der Waals surface area contributed by atoms with Crippen LogP contribution in [-0.2, 0) is 0 Å². The molecule has 1 heterocycles. The average molecular weight is 304 g/mol. The molecule has 0 saturated carbocycles. The van der Waals surface area contributed by atoms with Crippen LogP contribution in [0.25, 0.3) is 16.7 Å². The van der Waals surface area contributed by atoms with Crippen LogP contribution in [0.1, 0.15) is 0 Å². The van der Waals surface area contributed by atoms with Crippen LogP contribution in [-0.4, -0.2) is 23.6 Å². The number of imidazole rings is 1. The molecule has 0 aliphatic carbocycles. The molecule has 102 valence electrons. The van der Waals surface area contributed by atoms with Crippen molar-refractivity contribution in [3.63, 3.8) is 0 Å². The lowest BCUT2D eigenvalue weighted by atomic mass is 10.2. The first-order chi connectivity index (χ1) is 9.58. The fraction of sp³-hybridized carbons (Fsp3) is 0.133. The van der Waals surface area contributed by atoms with Crippen LogP contribution in [0.4, 0.5) is 5.69 Å². The van der Waals surface area contributed by atoms with Gasteiger partial charge >= 0.3 is 0 Å². The van der Waals surface area contributed by atoms with Gasteiger partial charge in [-0.25, -0.2) is 0 Å². The minimum Gasteiger partial charge on any atom is -0.378 e. The highest BCUT2D eigenvalue weighted by Gasteiger charge is 2.09. The Morgan fingerprint density at radius 3 is 2.65 bits per heavy atom. The van der Waals surface area contributed by atoms with Gasteiger partial charge in [0, 0.05) is 19.8 Å². The van der Waals surface area contributed by atoms with Crippen molar-refractivity contribution in [2.24, 2.45) is 0 Å². The number of anilines is 1. The van der Waals surface area contributed by atoms with Gasteiger partial charge < -0.3 is 9.88 Å². The lowest BCUT2D eigenvalue weighted by Crippen LogP contribution is -2.09. The Morgan fingerprint density at radius 1 is 1.15 bits per heavy atom. The summed E-state index contributed by atoms with van der Waals surface area (Å²) in [6, 6.07) is 14.0. The van der Waals surface area contributed by atoms with Gasteiger partial charge in [0.05, 0.1) is 21.7 Å². The number of nitrogens with one attached hydrogen (secondary N) is 1. The number of aromatic nitrogens is 2. The Bertz CT molecular complexity index is 832. The molecular weight excluding hydrogens is 290 g/mol. The number of H-pyrrole nitrogens is 1. The minimum absolute atomic E-state index is 0.643. The Morgan fingerprint density at radius 2 is 1.90 bits per heavy atom. The predicted molar refractivity (Wildman–Crippen MR) is 87.8 cm³/mol. The van der Waals surface area contributed by atoms with Gasteiger partial charge in [-0.3, -0.25) is 4.57 Å². The van der Waals surface area contributed by atoms with E-state index in [1.807, 2.05) is 49.0 Å². The van der Waals surface area contributed by atoms with E-state index in [4.69, 9.17) is 23.8 Å². The third-order valence-electron chi connectivity index (χ3n) is 3.27. The number of hydrogen-bond donors (Lipinski definition) is 1. The van der Waals surface area contributed by atoms with E-state index in [0.29, 0.717) is 9.79 Å². The SMILES string of the molecule is CN(C)c1cccc(-n2c(=S)[nH]c3c(Cl)cccc32)c1. The van der Waals surface area contributed by atoms with Crippen molar-refractivity contribution in [3.8, 4) is 5.69 Å². The van der Waals surface area contributed by atoms with Gasteiger partial charge in [0.1, 0.15) is 0 Å². The van der Waals surface area contributed by atoms with E-state index >= 15 is 0 Å². The van der Waals surface area contributed by atoms with Gasteiger partial charge in [-0.15, -0.1) is 0 Å². The second-order valence-electron chi connectivity index (χ2n) is 4.81. The van der Waals surface area contributed by atoms with Crippen molar-refractivity contribution in [1.29, 1.82) is 0 Å². The van der Waals surface area contributed by atoms with Crippen LogP contribution in [0.2, 0.25) is 5.02 Å². The number of nitrogens with zero attached hydrogens (tertiary/aromatic N) is 2.